The highest BCUT2D eigenvalue weighted by molar-refractivity contribution is 7.99. The summed E-state index contributed by atoms with van der Waals surface area (Å²) < 4.78 is 11.1. The van der Waals surface area contributed by atoms with Gasteiger partial charge in [-0.2, -0.15) is 0 Å². The topological polar surface area (TPSA) is 95.3 Å². The predicted octanol–water partition coefficient (Wildman–Crippen LogP) is 2.57. The van der Waals surface area contributed by atoms with E-state index < -0.39 is 11.9 Å². The summed E-state index contributed by atoms with van der Waals surface area (Å²) in [7, 11) is 4.27. The molecule has 1 heterocycles. The number of rotatable bonds is 6. The second kappa shape index (κ2) is 8.72. The van der Waals surface area contributed by atoms with Gasteiger partial charge in [-0.3, -0.25) is 0 Å². The van der Waals surface area contributed by atoms with Crippen molar-refractivity contribution in [2.75, 3.05) is 19.5 Å². The van der Waals surface area contributed by atoms with Crippen molar-refractivity contribution in [3.63, 3.8) is 0 Å². The molecule has 1 N–H and O–H groups in total. The average molecular weight is 397 g/mol. The van der Waals surface area contributed by atoms with Gasteiger partial charge in [-0.25, -0.2) is 9.59 Å². The van der Waals surface area contributed by atoms with Gasteiger partial charge in [-0.15, -0.1) is 10.2 Å². The molecule has 0 aliphatic carbocycles. The van der Waals surface area contributed by atoms with Crippen LogP contribution in [0.25, 0.3) is 0 Å². The maximum atomic E-state index is 12.0. The minimum Gasteiger partial charge on any atom is -0.466 e. The van der Waals surface area contributed by atoms with Gasteiger partial charge in [0.15, 0.2) is 5.16 Å². The molecule has 0 spiro atoms. The number of benzene rings is 1. The second-order valence-electron chi connectivity index (χ2n) is 5.03. The molecule has 26 heavy (non-hydrogen) atoms. The first-order valence-corrected chi connectivity index (χ1v) is 8.53. The SMILES string of the molecule is COC(=O)/C=C(/Nc1cc(Cl)ccc1Sc1nnc(C)n1C)C(=O)OC. The van der Waals surface area contributed by atoms with E-state index in [9.17, 15) is 9.59 Å². The van der Waals surface area contributed by atoms with Crippen LogP contribution in [0.2, 0.25) is 5.02 Å². The molecule has 1 aromatic heterocycles. The van der Waals surface area contributed by atoms with Gasteiger partial charge in [-0.1, -0.05) is 11.6 Å². The molecule has 2 rings (SSSR count). The first-order valence-electron chi connectivity index (χ1n) is 7.34. The van der Waals surface area contributed by atoms with Crippen molar-refractivity contribution in [2.24, 2.45) is 7.05 Å². The Morgan fingerprint density at radius 1 is 1.27 bits per heavy atom. The van der Waals surface area contributed by atoms with Crippen LogP contribution in [-0.4, -0.2) is 40.9 Å². The molecule has 0 aliphatic heterocycles. The molecule has 10 heteroatoms. The number of hydrogen-bond acceptors (Lipinski definition) is 8. The fraction of sp³-hybridized carbons (Fsp3) is 0.250. The van der Waals surface area contributed by atoms with Crippen molar-refractivity contribution in [3.8, 4) is 0 Å². The van der Waals surface area contributed by atoms with E-state index >= 15 is 0 Å². The van der Waals surface area contributed by atoms with Gasteiger partial charge in [0, 0.05) is 17.0 Å². The summed E-state index contributed by atoms with van der Waals surface area (Å²) in [6.45, 7) is 1.84. The van der Waals surface area contributed by atoms with E-state index in [0.717, 1.165) is 16.8 Å². The largest absolute Gasteiger partial charge is 0.466 e. The Morgan fingerprint density at radius 2 is 2.00 bits per heavy atom. The highest BCUT2D eigenvalue weighted by Crippen LogP contribution is 2.35. The van der Waals surface area contributed by atoms with Crippen LogP contribution in [-0.2, 0) is 26.1 Å². The van der Waals surface area contributed by atoms with Crippen molar-refractivity contribution in [3.05, 3.63) is 40.8 Å². The van der Waals surface area contributed by atoms with E-state index in [1.807, 2.05) is 18.5 Å². The quantitative estimate of drug-likeness (QED) is 0.588. The van der Waals surface area contributed by atoms with Gasteiger partial charge in [-0.05, 0) is 36.9 Å². The summed E-state index contributed by atoms with van der Waals surface area (Å²) in [6, 6.07) is 5.10. The number of esters is 2. The second-order valence-corrected chi connectivity index (χ2v) is 6.47. The molecule has 0 saturated heterocycles. The number of ether oxygens (including phenoxy) is 2. The Bertz CT molecular complexity index is 866. The zero-order valence-corrected chi connectivity index (χ0v) is 16.1. The van der Waals surface area contributed by atoms with Crippen molar-refractivity contribution in [1.29, 1.82) is 0 Å². The first-order chi connectivity index (χ1) is 12.3. The van der Waals surface area contributed by atoms with Crippen LogP contribution in [0.4, 0.5) is 5.69 Å². The van der Waals surface area contributed by atoms with Gasteiger partial charge >= 0.3 is 11.9 Å². The number of anilines is 1. The molecule has 1 aromatic carbocycles. The molecular formula is C16H17ClN4O4S. The van der Waals surface area contributed by atoms with Gasteiger partial charge in [0.25, 0.3) is 0 Å². The van der Waals surface area contributed by atoms with Crippen LogP contribution < -0.4 is 5.32 Å². The Hall–Kier alpha value is -2.52. The number of carbonyl (C=O) groups is 2. The average Bonchev–Trinajstić information content (AvgIpc) is 2.94. The van der Waals surface area contributed by atoms with Crippen LogP contribution in [0.1, 0.15) is 5.82 Å². The third-order valence-electron chi connectivity index (χ3n) is 3.33. The highest BCUT2D eigenvalue weighted by Gasteiger charge is 2.17. The fourth-order valence-corrected chi connectivity index (χ4v) is 2.92. The van der Waals surface area contributed by atoms with E-state index in [4.69, 9.17) is 16.3 Å². The molecule has 0 amide bonds. The molecule has 0 atom stereocenters. The molecule has 0 saturated carbocycles. The summed E-state index contributed by atoms with van der Waals surface area (Å²) in [4.78, 5) is 24.2. The van der Waals surface area contributed by atoms with Crippen molar-refractivity contribution in [2.45, 2.75) is 17.0 Å². The number of hydrogen-bond donors (Lipinski definition) is 1. The van der Waals surface area contributed by atoms with E-state index in [-0.39, 0.29) is 5.70 Å². The van der Waals surface area contributed by atoms with Gasteiger partial charge in [0.05, 0.1) is 26.0 Å². The van der Waals surface area contributed by atoms with Crippen molar-refractivity contribution >= 4 is 41.0 Å². The number of nitrogens with zero attached hydrogens (tertiary/aromatic N) is 3. The van der Waals surface area contributed by atoms with Crippen LogP contribution >= 0.6 is 23.4 Å². The van der Waals surface area contributed by atoms with Crippen molar-refractivity contribution in [1.82, 2.24) is 14.8 Å². The molecule has 0 fully saturated rings. The zero-order chi connectivity index (χ0) is 19.3. The standard InChI is InChI=1S/C16H17ClN4O4S/c1-9-19-20-16(21(9)2)26-13-6-5-10(17)7-11(13)18-12(15(23)25-4)8-14(22)24-3/h5-8,18H,1-4H3/b12-8+. The first kappa shape index (κ1) is 19.8. The minimum atomic E-state index is -0.721. The van der Waals surface area contributed by atoms with Gasteiger partial charge in [0.2, 0.25) is 0 Å². The lowest BCUT2D eigenvalue weighted by atomic mass is 10.3. The molecule has 0 radical (unpaired) electrons. The number of carbonyl (C=O) groups excluding carboxylic acids is 2. The lowest BCUT2D eigenvalue weighted by molar-refractivity contribution is -0.138. The predicted molar refractivity (Wildman–Crippen MR) is 97.1 cm³/mol. The molecule has 0 aliphatic rings. The minimum absolute atomic E-state index is 0.0855. The summed E-state index contributed by atoms with van der Waals surface area (Å²) in [5, 5.41) is 12.1. The van der Waals surface area contributed by atoms with E-state index in [0.29, 0.717) is 15.9 Å². The Balaban J connectivity index is 2.39. The van der Waals surface area contributed by atoms with Gasteiger partial charge in [0.1, 0.15) is 11.5 Å². The Morgan fingerprint density at radius 3 is 2.58 bits per heavy atom. The lowest BCUT2D eigenvalue weighted by Gasteiger charge is -2.13. The zero-order valence-electron chi connectivity index (χ0n) is 14.6. The third kappa shape index (κ3) is 4.77. The molecule has 138 valence electrons. The lowest BCUT2D eigenvalue weighted by Crippen LogP contribution is -2.16. The smallest absolute Gasteiger partial charge is 0.354 e. The Labute approximate surface area is 159 Å². The van der Waals surface area contributed by atoms with E-state index in [1.54, 1.807) is 18.2 Å². The van der Waals surface area contributed by atoms with Crippen LogP contribution in [0.5, 0.6) is 0 Å². The fourth-order valence-electron chi connectivity index (χ4n) is 1.84. The van der Waals surface area contributed by atoms with Gasteiger partial charge < -0.3 is 19.4 Å². The summed E-state index contributed by atoms with van der Waals surface area (Å²) in [5.74, 6) is -0.657. The molecule has 8 nitrogen and oxygen atoms in total. The van der Waals surface area contributed by atoms with Crippen LogP contribution in [0.3, 0.4) is 0 Å². The number of aromatic nitrogens is 3. The number of nitrogens with one attached hydrogen (secondary N) is 1. The normalized spacial score (nSPS) is 11.2. The highest BCUT2D eigenvalue weighted by atomic mass is 35.5. The van der Waals surface area contributed by atoms with E-state index in [2.05, 4.69) is 20.3 Å². The molecule has 0 unspecified atom stereocenters. The summed E-state index contributed by atoms with van der Waals surface area (Å²) in [5.41, 5.74) is 0.418. The third-order valence-corrected chi connectivity index (χ3v) is 4.68. The molecule has 0 bridgehead atoms. The number of halogens is 1. The maximum absolute atomic E-state index is 12.0. The molecular weight excluding hydrogens is 380 g/mol. The monoisotopic (exact) mass is 396 g/mol. The maximum Gasteiger partial charge on any atom is 0.354 e. The van der Waals surface area contributed by atoms with Crippen LogP contribution in [0.15, 0.2) is 40.0 Å². The van der Waals surface area contributed by atoms with E-state index in [1.165, 1.54) is 26.0 Å². The number of methoxy groups -OCH3 is 2. The van der Waals surface area contributed by atoms with Crippen LogP contribution in [0, 0.1) is 6.92 Å². The number of aryl methyl sites for hydroxylation is 1. The summed E-state index contributed by atoms with van der Waals surface area (Å²) in [6.07, 6.45) is 1.01. The van der Waals surface area contributed by atoms with Crippen molar-refractivity contribution < 1.29 is 19.1 Å². The summed E-state index contributed by atoms with van der Waals surface area (Å²) >= 11 is 7.40. The Kier molecular flexibility index (Phi) is 6.64. The molecule has 2 aromatic rings.